The first-order valence-electron chi connectivity index (χ1n) is 8.44. The molecule has 2 aromatic carbocycles. The van der Waals surface area contributed by atoms with E-state index in [2.05, 4.69) is 5.32 Å². The maximum atomic E-state index is 12.9. The number of benzene rings is 2. The Kier molecular flexibility index (Phi) is 5.14. The number of ether oxygens (including phenoxy) is 1. The van der Waals surface area contributed by atoms with Gasteiger partial charge in [0.05, 0.1) is 23.5 Å². The molecule has 0 bridgehead atoms. The van der Waals surface area contributed by atoms with Gasteiger partial charge in [0.15, 0.2) is 0 Å². The van der Waals surface area contributed by atoms with Crippen LogP contribution in [0, 0.1) is 0 Å². The van der Waals surface area contributed by atoms with Gasteiger partial charge in [-0.05, 0) is 38.1 Å². The molecule has 3 rings (SSSR count). The standard InChI is InChI=1S/C20H22N2O3/c1-14-12-22(13-15(2)25-14)20(24)17-10-6-7-11-18(17)21-19(23)16-8-4-3-5-9-16/h3-11,14-15H,12-13H2,1-2H3,(H,21,23)/t14-,15+. The summed E-state index contributed by atoms with van der Waals surface area (Å²) in [6, 6.07) is 16.1. The lowest BCUT2D eigenvalue weighted by atomic mass is 10.1. The Morgan fingerprint density at radius 1 is 0.960 bits per heavy atom. The van der Waals surface area contributed by atoms with Crippen LogP contribution in [0.3, 0.4) is 0 Å². The first-order chi connectivity index (χ1) is 12.0. The Morgan fingerprint density at radius 3 is 2.24 bits per heavy atom. The van der Waals surface area contributed by atoms with Crippen LogP contribution in [0.4, 0.5) is 5.69 Å². The van der Waals surface area contributed by atoms with Gasteiger partial charge in [-0.3, -0.25) is 9.59 Å². The Bertz CT molecular complexity index is 751. The number of hydrogen-bond acceptors (Lipinski definition) is 3. The van der Waals surface area contributed by atoms with Gasteiger partial charge in [-0.15, -0.1) is 0 Å². The molecule has 1 N–H and O–H groups in total. The number of rotatable bonds is 3. The first-order valence-corrected chi connectivity index (χ1v) is 8.44. The molecule has 25 heavy (non-hydrogen) atoms. The number of anilines is 1. The topological polar surface area (TPSA) is 58.6 Å². The quantitative estimate of drug-likeness (QED) is 0.935. The van der Waals surface area contributed by atoms with Crippen molar-refractivity contribution in [3.63, 3.8) is 0 Å². The number of hydrogen-bond donors (Lipinski definition) is 1. The molecule has 0 aromatic heterocycles. The van der Waals surface area contributed by atoms with E-state index in [1.807, 2.05) is 38.1 Å². The number of nitrogens with zero attached hydrogens (tertiary/aromatic N) is 1. The second-order valence-electron chi connectivity index (χ2n) is 6.33. The molecule has 1 saturated heterocycles. The molecule has 2 atom stereocenters. The molecule has 2 aromatic rings. The van der Waals surface area contributed by atoms with Crippen molar-refractivity contribution < 1.29 is 14.3 Å². The summed E-state index contributed by atoms with van der Waals surface area (Å²) in [6.07, 6.45) is -0.00227. The van der Waals surface area contributed by atoms with E-state index >= 15 is 0 Å². The molecule has 2 amide bonds. The van der Waals surface area contributed by atoms with Gasteiger partial charge in [-0.2, -0.15) is 0 Å². The van der Waals surface area contributed by atoms with Crippen LogP contribution in [0.5, 0.6) is 0 Å². The molecule has 0 spiro atoms. The fourth-order valence-corrected chi connectivity index (χ4v) is 3.08. The SMILES string of the molecule is C[C@@H]1CN(C(=O)c2ccccc2NC(=O)c2ccccc2)C[C@H](C)O1. The van der Waals surface area contributed by atoms with E-state index in [0.717, 1.165) is 0 Å². The summed E-state index contributed by atoms with van der Waals surface area (Å²) in [5.74, 6) is -0.324. The molecule has 0 aliphatic carbocycles. The lowest BCUT2D eigenvalue weighted by Gasteiger charge is -2.35. The van der Waals surface area contributed by atoms with Gasteiger partial charge in [0, 0.05) is 18.7 Å². The van der Waals surface area contributed by atoms with E-state index in [9.17, 15) is 9.59 Å². The van der Waals surface area contributed by atoms with Crippen molar-refractivity contribution in [3.8, 4) is 0 Å². The summed E-state index contributed by atoms with van der Waals surface area (Å²) in [4.78, 5) is 27.1. The van der Waals surface area contributed by atoms with Crippen LogP contribution in [0.2, 0.25) is 0 Å². The van der Waals surface area contributed by atoms with Gasteiger partial charge >= 0.3 is 0 Å². The summed E-state index contributed by atoms with van der Waals surface area (Å²) >= 11 is 0. The van der Waals surface area contributed by atoms with Crippen LogP contribution in [-0.4, -0.2) is 42.0 Å². The van der Waals surface area contributed by atoms with Crippen LogP contribution in [0.1, 0.15) is 34.6 Å². The number of morpholine rings is 1. The number of amides is 2. The third-order valence-corrected chi connectivity index (χ3v) is 4.15. The zero-order valence-electron chi connectivity index (χ0n) is 14.4. The minimum atomic E-state index is -0.232. The van der Waals surface area contributed by atoms with Gasteiger partial charge < -0.3 is 15.0 Å². The zero-order valence-corrected chi connectivity index (χ0v) is 14.4. The highest BCUT2D eigenvalue weighted by molar-refractivity contribution is 6.09. The average Bonchev–Trinajstić information content (AvgIpc) is 2.61. The second-order valence-corrected chi connectivity index (χ2v) is 6.33. The summed E-state index contributed by atoms with van der Waals surface area (Å²) < 4.78 is 5.69. The number of carbonyl (C=O) groups is 2. The van der Waals surface area contributed by atoms with Crippen molar-refractivity contribution in [3.05, 3.63) is 65.7 Å². The van der Waals surface area contributed by atoms with Crippen molar-refractivity contribution in [1.29, 1.82) is 0 Å². The molecule has 5 nitrogen and oxygen atoms in total. The van der Waals surface area contributed by atoms with Gasteiger partial charge in [0.1, 0.15) is 0 Å². The van der Waals surface area contributed by atoms with Crippen molar-refractivity contribution in [1.82, 2.24) is 4.90 Å². The van der Waals surface area contributed by atoms with Crippen LogP contribution < -0.4 is 5.32 Å². The smallest absolute Gasteiger partial charge is 0.256 e. The Balaban J connectivity index is 1.81. The summed E-state index contributed by atoms with van der Waals surface area (Å²) in [5.41, 5.74) is 1.57. The van der Waals surface area contributed by atoms with Crippen molar-refractivity contribution in [2.45, 2.75) is 26.1 Å². The zero-order chi connectivity index (χ0) is 17.8. The number of para-hydroxylation sites is 1. The normalized spacial score (nSPS) is 20.2. The molecule has 1 heterocycles. The molecule has 130 valence electrons. The van der Waals surface area contributed by atoms with E-state index in [1.165, 1.54) is 0 Å². The summed E-state index contributed by atoms with van der Waals surface area (Å²) in [6.45, 7) is 5.01. The van der Waals surface area contributed by atoms with E-state index in [4.69, 9.17) is 4.74 Å². The second kappa shape index (κ2) is 7.49. The van der Waals surface area contributed by atoms with E-state index in [1.54, 1.807) is 35.2 Å². The summed E-state index contributed by atoms with van der Waals surface area (Å²) in [5, 5.41) is 2.85. The van der Waals surface area contributed by atoms with Crippen LogP contribution in [0.25, 0.3) is 0 Å². The highest BCUT2D eigenvalue weighted by Crippen LogP contribution is 2.21. The largest absolute Gasteiger partial charge is 0.372 e. The Hall–Kier alpha value is -2.66. The molecule has 0 radical (unpaired) electrons. The Morgan fingerprint density at radius 2 is 1.56 bits per heavy atom. The fourth-order valence-electron chi connectivity index (χ4n) is 3.08. The summed E-state index contributed by atoms with van der Waals surface area (Å²) in [7, 11) is 0. The molecule has 1 aliphatic heterocycles. The molecular formula is C20H22N2O3. The molecule has 1 aliphatic rings. The Labute approximate surface area is 147 Å². The molecule has 5 heteroatoms. The lowest BCUT2D eigenvalue weighted by Crippen LogP contribution is -2.48. The molecule has 0 unspecified atom stereocenters. The van der Waals surface area contributed by atoms with Crippen LogP contribution in [-0.2, 0) is 4.74 Å². The minimum absolute atomic E-state index is 0.00114. The van der Waals surface area contributed by atoms with Gasteiger partial charge in [-0.1, -0.05) is 30.3 Å². The lowest BCUT2D eigenvalue weighted by molar-refractivity contribution is -0.0585. The monoisotopic (exact) mass is 338 g/mol. The highest BCUT2D eigenvalue weighted by atomic mass is 16.5. The number of carbonyl (C=O) groups excluding carboxylic acids is 2. The molecular weight excluding hydrogens is 316 g/mol. The van der Waals surface area contributed by atoms with Crippen molar-refractivity contribution in [2.75, 3.05) is 18.4 Å². The minimum Gasteiger partial charge on any atom is -0.372 e. The third-order valence-electron chi connectivity index (χ3n) is 4.15. The van der Waals surface area contributed by atoms with Gasteiger partial charge in [-0.25, -0.2) is 0 Å². The van der Waals surface area contributed by atoms with E-state index < -0.39 is 0 Å². The van der Waals surface area contributed by atoms with Crippen LogP contribution in [0.15, 0.2) is 54.6 Å². The first kappa shape index (κ1) is 17.2. The number of nitrogens with one attached hydrogen (secondary N) is 1. The maximum absolute atomic E-state index is 12.9. The maximum Gasteiger partial charge on any atom is 0.256 e. The van der Waals surface area contributed by atoms with E-state index in [0.29, 0.717) is 29.9 Å². The third kappa shape index (κ3) is 4.06. The predicted molar refractivity (Wildman–Crippen MR) is 96.7 cm³/mol. The van der Waals surface area contributed by atoms with Crippen molar-refractivity contribution in [2.24, 2.45) is 0 Å². The highest BCUT2D eigenvalue weighted by Gasteiger charge is 2.28. The predicted octanol–water partition coefficient (Wildman–Crippen LogP) is 3.19. The van der Waals surface area contributed by atoms with E-state index in [-0.39, 0.29) is 24.0 Å². The van der Waals surface area contributed by atoms with Gasteiger partial charge in [0.2, 0.25) is 0 Å². The average molecular weight is 338 g/mol. The molecule has 1 fully saturated rings. The molecule has 0 saturated carbocycles. The fraction of sp³-hybridized carbons (Fsp3) is 0.300. The van der Waals surface area contributed by atoms with Crippen LogP contribution >= 0.6 is 0 Å². The van der Waals surface area contributed by atoms with Crippen molar-refractivity contribution >= 4 is 17.5 Å². The van der Waals surface area contributed by atoms with Gasteiger partial charge in [0.25, 0.3) is 11.8 Å².